The number of thioether (sulfide) groups is 1. The third kappa shape index (κ3) is 2.27. The van der Waals surface area contributed by atoms with Crippen molar-refractivity contribution in [2.45, 2.75) is 11.2 Å². The summed E-state index contributed by atoms with van der Waals surface area (Å²) in [5, 5.41) is 1.25. The Balaban J connectivity index is 1.92. The molecule has 0 aliphatic carbocycles. The minimum absolute atomic E-state index is 0.552. The number of rotatable bonds is 3. The molecular weight excluding hydrogens is 346 g/mol. The first-order valence-corrected chi connectivity index (χ1v) is 9.07. The molecule has 0 bridgehead atoms. The monoisotopic (exact) mass is 359 g/mol. The van der Waals surface area contributed by atoms with Crippen LogP contribution in [0, 0.1) is 0 Å². The second-order valence-corrected chi connectivity index (χ2v) is 6.55. The molecule has 1 unspecified atom stereocenters. The number of benzene rings is 1. The van der Waals surface area contributed by atoms with E-state index in [4.69, 9.17) is 11.6 Å². The summed E-state index contributed by atoms with van der Waals surface area (Å²) < 4.78 is 0. The average molecular weight is 360 g/mol. The molecule has 2 aliphatic heterocycles. The first-order valence-electron chi connectivity index (χ1n) is 7.46. The Labute approximate surface area is 148 Å². The van der Waals surface area contributed by atoms with Crippen molar-refractivity contribution in [1.29, 1.82) is 0 Å². The average Bonchev–Trinajstić information content (AvgIpc) is 3.10. The van der Waals surface area contributed by atoms with E-state index in [-0.39, 0.29) is 0 Å². The lowest BCUT2D eigenvalue weighted by Crippen LogP contribution is -2.50. The van der Waals surface area contributed by atoms with Gasteiger partial charge in [-0.2, -0.15) is 0 Å². The predicted molar refractivity (Wildman–Crippen MR) is 96.2 cm³/mol. The van der Waals surface area contributed by atoms with E-state index < -0.39 is 6.04 Å². The zero-order valence-corrected chi connectivity index (χ0v) is 14.5. The fourth-order valence-electron chi connectivity index (χ4n) is 3.03. The summed E-state index contributed by atoms with van der Waals surface area (Å²) in [7, 11) is 0. The summed E-state index contributed by atoms with van der Waals surface area (Å²) in [6.45, 7) is 1.37. The predicted octanol–water partition coefficient (Wildman–Crippen LogP) is 2.79. The SMILES string of the molecule is CSc1ncc2c(n1)N1CCN=C1N(c1ccccc1Cl)C2C=O. The Hall–Kier alpha value is -2.12. The normalized spacial score (nSPS) is 18.9. The van der Waals surface area contributed by atoms with Gasteiger partial charge in [-0.3, -0.25) is 14.8 Å². The van der Waals surface area contributed by atoms with E-state index in [9.17, 15) is 4.79 Å². The van der Waals surface area contributed by atoms with Crippen molar-refractivity contribution in [2.75, 3.05) is 29.1 Å². The first-order chi connectivity index (χ1) is 11.7. The van der Waals surface area contributed by atoms with Crippen LogP contribution in [0.2, 0.25) is 5.02 Å². The van der Waals surface area contributed by atoms with Crippen LogP contribution in [0.3, 0.4) is 0 Å². The van der Waals surface area contributed by atoms with Gasteiger partial charge in [-0.1, -0.05) is 35.5 Å². The molecule has 2 aromatic rings. The van der Waals surface area contributed by atoms with Crippen LogP contribution < -0.4 is 9.80 Å². The van der Waals surface area contributed by atoms with E-state index in [0.717, 1.165) is 29.9 Å². The Morgan fingerprint density at radius 1 is 1.38 bits per heavy atom. The molecule has 0 fully saturated rings. The van der Waals surface area contributed by atoms with E-state index in [2.05, 4.69) is 15.0 Å². The topological polar surface area (TPSA) is 61.7 Å². The number of fused-ring (bicyclic) bond motifs is 3. The molecule has 0 N–H and O–H groups in total. The Kier molecular flexibility index (Phi) is 3.90. The van der Waals surface area contributed by atoms with Crippen molar-refractivity contribution in [3.63, 3.8) is 0 Å². The van der Waals surface area contributed by atoms with Gasteiger partial charge in [0.1, 0.15) is 18.1 Å². The minimum Gasteiger partial charge on any atom is -0.301 e. The smallest absolute Gasteiger partial charge is 0.208 e. The number of aliphatic imine (C=N–C) groups is 1. The Morgan fingerprint density at radius 3 is 2.96 bits per heavy atom. The molecule has 2 aliphatic rings. The molecule has 8 heteroatoms. The van der Waals surface area contributed by atoms with Crippen molar-refractivity contribution in [3.05, 3.63) is 41.0 Å². The standard InChI is InChI=1S/C16H14ClN5OS/c1-24-15-19-8-10-13(9-23)22(12-5-3-2-4-11(12)17)16-18-6-7-21(16)14(10)20-15/h2-5,8-9,13H,6-7H2,1H3. The van der Waals surface area contributed by atoms with Crippen molar-refractivity contribution in [1.82, 2.24) is 9.97 Å². The maximum Gasteiger partial charge on any atom is 0.208 e. The third-order valence-electron chi connectivity index (χ3n) is 4.08. The number of aldehydes is 1. The lowest BCUT2D eigenvalue weighted by Gasteiger charge is -2.40. The summed E-state index contributed by atoms with van der Waals surface area (Å²) in [5.41, 5.74) is 1.52. The molecule has 1 aromatic carbocycles. The molecule has 0 saturated heterocycles. The summed E-state index contributed by atoms with van der Waals surface area (Å²) >= 11 is 7.85. The fraction of sp³-hybridized carbons (Fsp3) is 0.250. The van der Waals surface area contributed by atoms with E-state index in [0.29, 0.717) is 22.7 Å². The maximum absolute atomic E-state index is 11.9. The number of carbonyl (C=O) groups is 1. The highest BCUT2D eigenvalue weighted by molar-refractivity contribution is 7.98. The van der Waals surface area contributed by atoms with Gasteiger partial charge in [0.05, 0.1) is 17.3 Å². The number of anilines is 2. The van der Waals surface area contributed by atoms with Crippen molar-refractivity contribution >= 4 is 47.1 Å². The van der Waals surface area contributed by atoms with Crippen LogP contribution in [0.4, 0.5) is 11.5 Å². The van der Waals surface area contributed by atoms with Crippen LogP contribution in [0.15, 0.2) is 40.6 Å². The zero-order chi connectivity index (χ0) is 16.7. The zero-order valence-electron chi connectivity index (χ0n) is 12.9. The largest absolute Gasteiger partial charge is 0.301 e. The van der Waals surface area contributed by atoms with Crippen LogP contribution in [0.5, 0.6) is 0 Å². The minimum atomic E-state index is -0.552. The van der Waals surface area contributed by atoms with E-state index in [1.807, 2.05) is 34.3 Å². The van der Waals surface area contributed by atoms with Gasteiger partial charge in [-0.25, -0.2) is 9.97 Å². The van der Waals surface area contributed by atoms with Crippen molar-refractivity contribution in [3.8, 4) is 0 Å². The summed E-state index contributed by atoms with van der Waals surface area (Å²) in [5.74, 6) is 1.46. The highest BCUT2D eigenvalue weighted by Crippen LogP contribution is 2.41. The second-order valence-electron chi connectivity index (χ2n) is 5.37. The van der Waals surface area contributed by atoms with E-state index in [1.165, 1.54) is 11.8 Å². The van der Waals surface area contributed by atoms with Gasteiger partial charge in [0.25, 0.3) is 0 Å². The highest BCUT2D eigenvalue weighted by atomic mass is 35.5. The van der Waals surface area contributed by atoms with Crippen LogP contribution in [0.1, 0.15) is 11.6 Å². The summed E-state index contributed by atoms with van der Waals surface area (Å²) in [4.78, 5) is 29.4. The molecular formula is C16H14ClN5OS. The molecule has 0 spiro atoms. The number of hydrogen-bond acceptors (Lipinski definition) is 7. The highest BCUT2D eigenvalue weighted by Gasteiger charge is 2.40. The summed E-state index contributed by atoms with van der Waals surface area (Å²) in [6, 6.07) is 6.90. The lowest BCUT2D eigenvalue weighted by atomic mass is 10.1. The summed E-state index contributed by atoms with van der Waals surface area (Å²) in [6.07, 6.45) is 4.55. The number of guanidine groups is 1. The number of para-hydroxylation sites is 1. The number of carbonyl (C=O) groups excluding carboxylic acids is 1. The Morgan fingerprint density at radius 2 is 2.21 bits per heavy atom. The maximum atomic E-state index is 11.9. The van der Waals surface area contributed by atoms with Crippen molar-refractivity contribution in [2.24, 2.45) is 4.99 Å². The van der Waals surface area contributed by atoms with Crippen molar-refractivity contribution < 1.29 is 4.79 Å². The van der Waals surface area contributed by atoms with Gasteiger partial charge in [-0.15, -0.1) is 0 Å². The molecule has 1 aromatic heterocycles. The molecule has 6 nitrogen and oxygen atoms in total. The quantitative estimate of drug-likeness (QED) is 0.477. The molecule has 122 valence electrons. The van der Waals surface area contributed by atoms with Crippen LogP contribution >= 0.6 is 23.4 Å². The Bertz CT molecular complexity index is 843. The molecule has 0 radical (unpaired) electrons. The lowest BCUT2D eigenvalue weighted by molar-refractivity contribution is -0.108. The number of hydrogen-bond donors (Lipinski definition) is 0. The van der Waals surface area contributed by atoms with Gasteiger partial charge in [0.15, 0.2) is 5.16 Å². The van der Waals surface area contributed by atoms with Gasteiger partial charge in [0.2, 0.25) is 5.96 Å². The van der Waals surface area contributed by atoms with Gasteiger partial charge < -0.3 is 4.79 Å². The first kappa shape index (κ1) is 15.4. The van der Waals surface area contributed by atoms with Crippen LogP contribution in [-0.2, 0) is 4.79 Å². The fourth-order valence-corrected chi connectivity index (χ4v) is 3.60. The third-order valence-corrected chi connectivity index (χ3v) is 4.96. The molecule has 0 amide bonds. The number of nitrogens with zero attached hydrogens (tertiary/aromatic N) is 5. The molecule has 0 saturated carbocycles. The molecule has 4 rings (SSSR count). The number of halogens is 1. The number of aromatic nitrogens is 2. The molecule has 24 heavy (non-hydrogen) atoms. The molecule has 3 heterocycles. The molecule has 1 atom stereocenters. The van der Waals surface area contributed by atoms with Crippen LogP contribution in [0.25, 0.3) is 0 Å². The van der Waals surface area contributed by atoms with Gasteiger partial charge in [-0.05, 0) is 18.4 Å². The second kappa shape index (κ2) is 6.07. The van der Waals surface area contributed by atoms with E-state index in [1.54, 1.807) is 12.3 Å². The van der Waals surface area contributed by atoms with Crippen LogP contribution in [-0.4, -0.2) is 41.6 Å². The van der Waals surface area contributed by atoms with Gasteiger partial charge >= 0.3 is 0 Å². The van der Waals surface area contributed by atoms with Gasteiger partial charge in [0, 0.05) is 18.3 Å². The van der Waals surface area contributed by atoms with E-state index >= 15 is 0 Å².